The quantitative estimate of drug-likeness (QED) is 0.333. The molecule has 1 aliphatic rings. The Bertz CT molecular complexity index is 1370. The van der Waals surface area contributed by atoms with E-state index in [0.29, 0.717) is 0 Å². The normalized spacial score (nSPS) is 13.1. The van der Waals surface area contributed by atoms with Crippen molar-refractivity contribution in [1.29, 1.82) is 0 Å². The first kappa shape index (κ1) is 19.7. The van der Waals surface area contributed by atoms with Crippen LogP contribution in [0.5, 0.6) is 0 Å². The second kappa shape index (κ2) is 8.55. The number of benzene rings is 3. The summed E-state index contributed by atoms with van der Waals surface area (Å²) in [6, 6.07) is 31.4. The SMILES string of the molecule is c1ccc(-c2cn(-c3ccccc3)nc2Cc2nn(-c3ccccc3)c3c2CCCC3)cc1. The molecule has 0 saturated heterocycles. The highest BCUT2D eigenvalue weighted by molar-refractivity contribution is 5.66. The Morgan fingerprint density at radius 1 is 0.636 bits per heavy atom. The predicted octanol–water partition coefficient (Wildman–Crippen LogP) is 6.19. The van der Waals surface area contributed by atoms with E-state index in [1.807, 2.05) is 10.7 Å². The van der Waals surface area contributed by atoms with Gasteiger partial charge in [-0.3, -0.25) is 0 Å². The van der Waals surface area contributed by atoms with Gasteiger partial charge in [-0.1, -0.05) is 66.7 Å². The second-order valence-corrected chi connectivity index (χ2v) is 8.64. The Morgan fingerprint density at radius 2 is 1.27 bits per heavy atom. The number of rotatable bonds is 5. The molecule has 2 aromatic heterocycles. The van der Waals surface area contributed by atoms with Gasteiger partial charge in [0.1, 0.15) is 0 Å². The molecule has 3 aromatic carbocycles. The van der Waals surface area contributed by atoms with Gasteiger partial charge in [-0.15, -0.1) is 0 Å². The van der Waals surface area contributed by atoms with Crippen molar-refractivity contribution in [2.45, 2.75) is 32.1 Å². The summed E-state index contributed by atoms with van der Waals surface area (Å²) < 4.78 is 4.17. The van der Waals surface area contributed by atoms with Crippen LogP contribution in [0.4, 0.5) is 0 Å². The van der Waals surface area contributed by atoms with Crippen LogP contribution in [0, 0.1) is 0 Å². The molecule has 0 radical (unpaired) electrons. The van der Waals surface area contributed by atoms with Crippen molar-refractivity contribution in [3.8, 4) is 22.5 Å². The minimum Gasteiger partial charge on any atom is -0.240 e. The van der Waals surface area contributed by atoms with Gasteiger partial charge in [0, 0.05) is 23.9 Å². The summed E-state index contributed by atoms with van der Waals surface area (Å²) in [5.41, 5.74) is 9.56. The number of para-hydroxylation sites is 2. The summed E-state index contributed by atoms with van der Waals surface area (Å²) >= 11 is 0. The van der Waals surface area contributed by atoms with Crippen molar-refractivity contribution in [3.05, 3.63) is 120 Å². The van der Waals surface area contributed by atoms with Crippen LogP contribution in [0.25, 0.3) is 22.5 Å². The van der Waals surface area contributed by atoms with Gasteiger partial charge in [0.05, 0.1) is 22.8 Å². The van der Waals surface area contributed by atoms with E-state index in [1.165, 1.54) is 35.2 Å². The lowest BCUT2D eigenvalue weighted by Crippen LogP contribution is -2.07. The first-order valence-electron chi connectivity index (χ1n) is 11.7. The molecule has 0 bridgehead atoms. The van der Waals surface area contributed by atoms with Crippen LogP contribution in [0.15, 0.2) is 97.2 Å². The highest BCUT2D eigenvalue weighted by atomic mass is 15.3. The molecule has 6 rings (SSSR count). The van der Waals surface area contributed by atoms with E-state index < -0.39 is 0 Å². The molecule has 5 aromatic rings. The summed E-state index contributed by atoms with van der Waals surface area (Å²) in [7, 11) is 0. The van der Waals surface area contributed by atoms with Crippen LogP contribution in [0.2, 0.25) is 0 Å². The number of hydrogen-bond donors (Lipinski definition) is 0. The van der Waals surface area contributed by atoms with Crippen LogP contribution < -0.4 is 0 Å². The zero-order valence-electron chi connectivity index (χ0n) is 18.6. The van der Waals surface area contributed by atoms with Gasteiger partial charge in [-0.2, -0.15) is 10.2 Å². The Morgan fingerprint density at radius 3 is 2.00 bits per heavy atom. The Labute approximate surface area is 194 Å². The lowest BCUT2D eigenvalue weighted by Gasteiger charge is -2.14. The summed E-state index contributed by atoms with van der Waals surface area (Å²) in [6.07, 6.45) is 7.51. The first-order valence-corrected chi connectivity index (χ1v) is 11.7. The van der Waals surface area contributed by atoms with Crippen LogP contribution in [-0.2, 0) is 19.3 Å². The van der Waals surface area contributed by atoms with Crippen molar-refractivity contribution in [2.75, 3.05) is 0 Å². The van der Waals surface area contributed by atoms with Gasteiger partial charge in [0.2, 0.25) is 0 Å². The maximum Gasteiger partial charge on any atom is 0.0767 e. The molecule has 4 nitrogen and oxygen atoms in total. The highest BCUT2D eigenvalue weighted by Gasteiger charge is 2.23. The lowest BCUT2D eigenvalue weighted by molar-refractivity contribution is 0.653. The fourth-order valence-electron chi connectivity index (χ4n) is 4.87. The van der Waals surface area contributed by atoms with E-state index in [1.54, 1.807) is 0 Å². The molecule has 0 spiro atoms. The molecule has 1 aliphatic carbocycles. The molecule has 2 heterocycles. The average Bonchev–Trinajstić information content (AvgIpc) is 3.48. The third kappa shape index (κ3) is 3.78. The third-order valence-corrected chi connectivity index (χ3v) is 6.50. The molecule has 0 unspecified atom stereocenters. The van der Waals surface area contributed by atoms with Crippen molar-refractivity contribution in [2.24, 2.45) is 0 Å². The molecule has 0 N–H and O–H groups in total. The molecule has 33 heavy (non-hydrogen) atoms. The Balaban J connectivity index is 1.46. The van der Waals surface area contributed by atoms with E-state index in [0.717, 1.165) is 42.0 Å². The molecule has 0 amide bonds. The molecule has 0 saturated carbocycles. The minimum absolute atomic E-state index is 0.728. The van der Waals surface area contributed by atoms with Crippen LogP contribution >= 0.6 is 0 Å². The molecule has 162 valence electrons. The van der Waals surface area contributed by atoms with Gasteiger partial charge >= 0.3 is 0 Å². The molecule has 4 heteroatoms. The standard InChI is InChI=1S/C29H26N4/c1-4-12-22(13-5-1)26-21-32(23-14-6-2-7-15-23)30-28(26)20-27-25-18-10-11-19-29(25)33(31-27)24-16-8-3-9-17-24/h1-9,12-17,21H,10-11,18-20H2. The predicted molar refractivity (Wildman–Crippen MR) is 132 cm³/mol. The monoisotopic (exact) mass is 430 g/mol. The Hall–Kier alpha value is -3.92. The average molecular weight is 431 g/mol. The zero-order chi connectivity index (χ0) is 22.0. The van der Waals surface area contributed by atoms with Gasteiger partial charge in [-0.25, -0.2) is 9.36 Å². The number of aromatic nitrogens is 4. The van der Waals surface area contributed by atoms with Crippen molar-refractivity contribution in [3.63, 3.8) is 0 Å². The minimum atomic E-state index is 0.728. The van der Waals surface area contributed by atoms with Crippen molar-refractivity contribution in [1.82, 2.24) is 19.6 Å². The summed E-state index contributed by atoms with van der Waals surface area (Å²) in [5, 5.41) is 10.2. The topological polar surface area (TPSA) is 35.6 Å². The van der Waals surface area contributed by atoms with Gasteiger partial charge in [-0.05, 0) is 61.1 Å². The molecule has 0 aliphatic heterocycles. The van der Waals surface area contributed by atoms with Crippen LogP contribution in [0.1, 0.15) is 35.5 Å². The maximum absolute atomic E-state index is 5.14. The summed E-state index contributed by atoms with van der Waals surface area (Å²) in [5.74, 6) is 0. The second-order valence-electron chi connectivity index (χ2n) is 8.64. The summed E-state index contributed by atoms with van der Waals surface area (Å²) in [4.78, 5) is 0. The van der Waals surface area contributed by atoms with Crippen LogP contribution in [-0.4, -0.2) is 19.6 Å². The van der Waals surface area contributed by atoms with Gasteiger partial charge < -0.3 is 0 Å². The molecular weight excluding hydrogens is 404 g/mol. The third-order valence-electron chi connectivity index (χ3n) is 6.50. The molecule has 0 fully saturated rings. The van der Waals surface area contributed by atoms with Gasteiger partial charge in [0.15, 0.2) is 0 Å². The highest BCUT2D eigenvalue weighted by Crippen LogP contribution is 2.31. The van der Waals surface area contributed by atoms with Crippen LogP contribution in [0.3, 0.4) is 0 Å². The van der Waals surface area contributed by atoms with E-state index in [9.17, 15) is 0 Å². The Kier molecular flexibility index (Phi) is 5.11. The number of hydrogen-bond acceptors (Lipinski definition) is 2. The lowest BCUT2D eigenvalue weighted by atomic mass is 9.93. The molecule has 0 atom stereocenters. The fourth-order valence-corrected chi connectivity index (χ4v) is 4.87. The van der Waals surface area contributed by atoms with E-state index in [2.05, 4.69) is 95.8 Å². The fraction of sp³-hybridized carbons (Fsp3) is 0.172. The summed E-state index contributed by atoms with van der Waals surface area (Å²) in [6.45, 7) is 0. The zero-order valence-corrected chi connectivity index (χ0v) is 18.6. The largest absolute Gasteiger partial charge is 0.240 e. The smallest absolute Gasteiger partial charge is 0.0767 e. The number of fused-ring (bicyclic) bond motifs is 1. The first-order chi connectivity index (χ1) is 16.4. The van der Waals surface area contributed by atoms with E-state index >= 15 is 0 Å². The maximum atomic E-state index is 5.14. The van der Waals surface area contributed by atoms with Crippen molar-refractivity contribution >= 4 is 0 Å². The van der Waals surface area contributed by atoms with E-state index in [-0.39, 0.29) is 0 Å². The van der Waals surface area contributed by atoms with Crippen molar-refractivity contribution < 1.29 is 0 Å². The number of nitrogens with zero attached hydrogens (tertiary/aromatic N) is 4. The van der Waals surface area contributed by atoms with Gasteiger partial charge in [0.25, 0.3) is 0 Å². The molecular formula is C29H26N4. The van der Waals surface area contributed by atoms with E-state index in [4.69, 9.17) is 10.2 Å².